The zero-order chi connectivity index (χ0) is 15.2. The van der Waals surface area contributed by atoms with Gasteiger partial charge in [-0.05, 0) is 55.8 Å². The Kier molecular flexibility index (Phi) is 11.5. The number of allylic oxidation sites excluding steroid dienone is 13. The highest BCUT2D eigenvalue weighted by atomic mass is 79.9. The van der Waals surface area contributed by atoms with E-state index in [1.807, 2.05) is 60.8 Å². The molecule has 0 aromatic rings. The molecule has 0 N–H and O–H groups in total. The maximum atomic E-state index is 3.43. The first-order valence-corrected chi connectivity index (χ1v) is 7.39. The predicted octanol–water partition coefficient (Wildman–Crippen LogP) is 6.58. The molecule has 0 saturated carbocycles. The van der Waals surface area contributed by atoms with Gasteiger partial charge in [-0.25, -0.2) is 0 Å². The standard InChI is InChI=1S/C19H23Br/c1-17(2)14-12-10-8-6-5-7-9-11-13-15-19(20)16-18(3)4/h5-14,16H,1-4H3. The Labute approximate surface area is 132 Å². The molecule has 0 aliphatic rings. The molecular formula is C19H23Br. The van der Waals surface area contributed by atoms with Gasteiger partial charge in [-0.2, -0.15) is 0 Å². The van der Waals surface area contributed by atoms with Crippen molar-refractivity contribution in [3.8, 4) is 0 Å². The van der Waals surface area contributed by atoms with Gasteiger partial charge in [0, 0.05) is 0 Å². The Morgan fingerprint density at radius 3 is 1.70 bits per heavy atom. The lowest BCUT2D eigenvalue weighted by Gasteiger charge is -1.84. The lowest BCUT2D eigenvalue weighted by Crippen LogP contribution is -1.62. The van der Waals surface area contributed by atoms with Gasteiger partial charge in [-0.3, -0.25) is 0 Å². The minimum atomic E-state index is 0.954. The molecule has 0 unspecified atom stereocenters. The summed E-state index contributed by atoms with van der Waals surface area (Å²) in [4.78, 5) is 0. The van der Waals surface area contributed by atoms with Crippen LogP contribution in [0.2, 0.25) is 0 Å². The van der Waals surface area contributed by atoms with Crippen LogP contribution in [0.3, 0.4) is 0 Å². The van der Waals surface area contributed by atoms with Gasteiger partial charge in [0.1, 0.15) is 0 Å². The topological polar surface area (TPSA) is 0 Å². The first kappa shape index (κ1) is 18.4. The molecule has 0 atom stereocenters. The highest BCUT2D eigenvalue weighted by molar-refractivity contribution is 9.11. The molecule has 0 bridgehead atoms. The Hall–Kier alpha value is -1.56. The van der Waals surface area contributed by atoms with Crippen LogP contribution >= 0.6 is 15.9 Å². The highest BCUT2D eigenvalue weighted by Gasteiger charge is 1.80. The van der Waals surface area contributed by atoms with Crippen LogP contribution in [0.15, 0.2) is 88.2 Å². The van der Waals surface area contributed by atoms with Crippen LogP contribution in [0.4, 0.5) is 0 Å². The summed E-state index contributed by atoms with van der Waals surface area (Å²) >= 11 is 3.43. The largest absolute Gasteiger partial charge is 0.105 e. The van der Waals surface area contributed by atoms with Gasteiger partial charge in [-0.1, -0.05) is 65.8 Å². The second kappa shape index (κ2) is 12.5. The van der Waals surface area contributed by atoms with Crippen LogP contribution in [0.25, 0.3) is 0 Å². The van der Waals surface area contributed by atoms with Crippen LogP contribution < -0.4 is 0 Å². The fraction of sp³-hybridized carbons (Fsp3) is 0.211. The first-order chi connectivity index (χ1) is 9.52. The quantitative estimate of drug-likeness (QED) is 0.381. The number of hydrogen-bond acceptors (Lipinski definition) is 0. The van der Waals surface area contributed by atoms with E-state index in [9.17, 15) is 0 Å². The molecule has 0 aliphatic heterocycles. The maximum absolute atomic E-state index is 3.43. The third-order valence-electron chi connectivity index (χ3n) is 1.94. The summed E-state index contributed by atoms with van der Waals surface area (Å²) in [5.74, 6) is 0. The SMILES string of the molecule is CC(C)=CC=CC=CC=CC=CC=C=C(Br)C=C(C)C. The molecular weight excluding hydrogens is 308 g/mol. The van der Waals surface area contributed by atoms with Crippen LogP contribution in [0.1, 0.15) is 27.7 Å². The van der Waals surface area contributed by atoms with Crippen molar-refractivity contribution < 1.29 is 0 Å². The Morgan fingerprint density at radius 2 is 1.20 bits per heavy atom. The Morgan fingerprint density at radius 1 is 0.700 bits per heavy atom. The molecule has 0 radical (unpaired) electrons. The molecule has 0 rings (SSSR count). The van der Waals surface area contributed by atoms with Crippen LogP contribution in [0, 0.1) is 0 Å². The molecule has 0 spiro atoms. The van der Waals surface area contributed by atoms with Crippen molar-refractivity contribution in [2.24, 2.45) is 0 Å². The van der Waals surface area contributed by atoms with Gasteiger partial charge in [0.2, 0.25) is 0 Å². The van der Waals surface area contributed by atoms with Crippen molar-refractivity contribution in [2.75, 3.05) is 0 Å². The molecule has 0 aliphatic carbocycles. The smallest absolute Gasteiger partial charge is 0.0592 e. The summed E-state index contributed by atoms with van der Waals surface area (Å²) < 4.78 is 0.954. The van der Waals surface area contributed by atoms with Gasteiger partial charge < -0.3 is 0 Å². The van der Waals surface area contributed by atoms with E-state index in [-0.39, 0.29) is 0 Å². The molecule has 20 heavy (non-hydrogen) atoms. The van der Waals surface area contributed by atoms with E-state index in [0.717, 1.165) is 4.48 Å². The van der Waals surface area contributed by atoms with Gasteiger partial charge in [-0.15, -0.1) is 5.73 Å². The summed E-state index contributed by atoms with van der Waals surface area (Å²) in [7, 11) is 0. The van der Waals surface area contributed by atoms with Gasteiger partial charge in [0.25, 0.3) is 0 Å². The summed E-state index contributed by atoms with van der Waals surface area (Å²) in [6.07, 6.45) is 21.9. The van der Waals surface area contributed by atoms with Crippen molar-refractivity contribution in [3.63, 3.8) is 0 Å². The molecule has 0 aromatic carbocycles. The lowest BCUT2D eigenvalue weighted by atomic mass is 10.3. The number of halogens is 1. The zero-order valence-electron chi connectivity index (χ0n) is 12.7. The minimum Gasteiger partial charge on any atom is -0.105 e. The second-order valence-electron chi connectivity index (χ2n) is 4.66. The molecule has 0 saturated heterocycles. The van der Waals surface area contributed by atoms with Gasteiger partial charge in [0.15, 0.2) is 0 Å². The monoisotopic (exact) mass is 330 g/mol. The van der Waals surface area contributed by atoms with E-state index in [1.165, 1.54) is 11.1 Å². The van der Waals surface area contributed by atoms with Crippen molar-refractivity contribution in [1.82, 2.24) is 0 Å². The Balaban J connectivity index is 4.20. The molecule has 0 fully saturated rings. The summed E-state index contributed by atoms with van der Waals surface area (Å²) in [6, 6.07) is 0. The fourth-order valence-corrected chi connectivity index (χ4v) is 1.70. The van der Waals surface area contributed by atoms with Crippen molar-refractivity contribution in [3.05, 3.63) is 88.2 Å². The van der Waals surface area contributed by atoms with Crippen LogP contribution in [-0.2, 0) is 0 Å². The van der Waals surface area contributed by atoms with Crippen molar-refractivity contribution in [1.29, 1.82) is 0 Å². The van der Waals surface area contributed by atoms with E-state index >= 15 is 0 Å². The normalized spacial score (nSPS) is 11.2. The van der Waals surface area contributed by atoms with Crippen LogP contribution in [0.5, 0.6) is 0 Å². The fourth-order valence-electron chi connectivity index (χ4n) is 1.11. The van der Waals surface area contributed by atoms with E-state index in [1.54, 1.807) is 0 Å². The maximum Gasteiger partial charge on any atom is 0.0592 e. The zero-order valence-corrected chi connectivity index (χ0v) is 14.3. The Bertz CT molecular complexity index is 506. The molecule has 0 amide bonds. The van der Waals surface area contributed by atoms with E-state index in [0.29, 0.717) is 0 Å². The predicted molar refractivity (Wildman–Crippen MR) is 95.9 cm³/mol. The number of rotatable bonds is 6. The lowest BCUT2D eigenvalue weighted by molar-refractivity contribution is 1.39. The van der Waals surface area contributed by atoms with Crippen molar-refractivity contribution in [2.45, 2.75) is 27.7 Å². The summed E-state index contributed by atoms with van der Waals surface area (Å²) in [6.45, 7) is 8.27. The third kappa shape index (κ3) is 14.5. The van der Waals surface area contributed by atoms with E-state index in [2.05, 4.69) is 55.4 Å². The molecule has 0 heterocycles. The first-order valence-electron chi connectivity index (χ1n) is 6.59. The van der Waals surface area contributed by atoms with Gasteiger partial charge >= 0.3 is 0 Å². The van der Waals surface area contributed by atoms with Gasteiger partial charge in [0.05, 0.1) is 4.48 Å². The van der Waals surface area contributed by atoms with Crippen LogP contribution in [-0.4, -0.2) is 0 Å². The average molecular weight is 331 g/mol. The third-order valence-corrected chi connectivity index (χ3v) is 2.40. The van der Waals surface area contributed by atoms with E-state index < -0.39 is 0 Å². The van der Waals surface area contributed by atoms with E-state index in [4.69, 9.17) is 0 Å². The second-order valence-corrected chi connectivity index (χ2v) is 5.52. The van der Waals surface area contributed by atoms with Crippen molar-refractivity contribution >= 4 is 15.9 Å². The highest BCUT2D eigenvalue weighted by Crippen LogP contribution is 2.07. The minimum absolute atomic E-state index is 0.954. The molecule has 0 nitrogen and oxygen atoms in total. The number of hydrogen-bond donors (Lipinski definition) is 0. The molecule has 0 aromatic heterocycles. The molecule has 1 heteroatoms. The average Bonchev–Trinajstić information content (AvgIpc) is 2.34. The molecule has 106 valence electrons. The summed E-state index contributed by atoms with van der Waals surface area (Å²) in [5.41, 5.74) is 5.66. The summed E-state index contributed by atoms with van der Waals surface area (Å²) in [5, 5.41) is 0.